The molecule has 1 saturated heterocycles. The molecule has 2 heterocycles. The zero-order valence-corrected chi connectivity index (χ0v) is 19.4. The van der Waals surface area contributed by atoms with E-state index in [2.05, 4.69) is 17.2 Å². The van der Waals surface area contributed by atoms with E-state index in [0.29, 0.717) is 30.0 Å². The fourth-order valence-electron chi connectivity index (χ4n) is 4.33. The minimum Gasteiger partial charge on any atom is -0.383 e. The summed E-state index contributed by atoms with van der Waals surface area (Å²) in [6.07, 6.45) is 4.11. The van der Waals surface area contributed by atoms with E-state index >= 15 is 0 Å². The van der Waals surface area contributed by atoms with Crippen LogP contribution in [0.3, 0.4) is 0 Å². The number of aromatic nitrogens is 1. The minimum absolute atomic E-state index is 0.108. The number of hydrogen-bond donors (Lipinski definition) is 2. The monoisotopic (exact) mass is 449 g/mol. The van der Waals surface area contributed by atoms with Gasteiger partial charge >= 0.3 is 11.8 Å². The highest BCUT2D eigenvalue weighted by Crippen LogP contribution is 2.48. The lowest BCUT2D eigenvalue weighted by Gasteiger charge is -2.45. The molecule has 0 spiro atoms. The van der Waals surface area contributed by atoms with Crippen LogP contribution in [0.4, 0.5) is 11.5 Å². The Hall–Kier alpha value is -3.42. The number of rotatable bonds is 4. The Morgan fingerprint density at radius 1 is 1.15 bits per heavy atom. The molecule has 3 N–H and O–H groups in total. The molecule has 2 atom stereocenters. The summed E-state index contributed by atoms with van der Waals surface area (Å²) in [5.41, 5.74) is 7.87. The molecule has 8 heteroatoms. The van der Waals surface area contributed by atoms with Gasteiger partial charge in [-0.25, -0.2) is 4.98 Å². The SMILES string of the molecule is Cc1cc(NC(=O)C(=O)N2C[C@@H](C)N(C(=O)CC3(C)CC3)C[C@@H]2c2ccccc2)cnc1N. The molecule has 1 aliphatic heterocycles. The van der Waals surface area contributed by atoms with Crippen LogP contribution in [-0.4, -0.2) is 51.6 Å². The van der Waals surface area contributed by atoms with Crippen LogP contribution in [0.15, 0.2) is 42.6 Å². The van der Waals surface area contributed by atoms with Crippen molar-refractivity contribution in [2.75, 3.05) is 24.1 Å². The highest BCUT2D eigenvalue weighted by molar-refractivity contribution is 6.39. The molecule has 1 saturated carbocycles. The fraction of sp³-hybridized carbons (Fsp3) is 0.440. The molecule has 0 unspecified atom stereocenters. The summed E-state index contributed by atoms with van der Waals surface area (Å²) in [5.74, 6) is -0.882. The zero-order valence-electron chi connectivity index (χ0n) is 19.4. The average molecular weight is 450 g/mol. The van der Waals surface area contributed by atoms with Gasteiger partial charge in [0.25, 0.3) is 0 Å². The second-order valence-electron chi connectivity index (χ2n) is 9.65. The molecule has 4 rings (SSSR count). The number of anilines is 2. The molecule has 1 aliphatic carbocycles. The quantitative estimate of drug-likeness (QED) is 0.698. The molecule has 8 nitrogen and oxygen atoms in total. The van der Waals surface area contributed by atoms with E-state index in [0.717, 1.165) is 18.4 Å². The summed E-state index contributed by atoms with van der Waals surface area (Å²) in [7, 11) is 0. The zero-order chi connectivity index (χ0) is 23.8. The normalized spacial score (nSPS) is 21.4. The number of piperazine rings is 1. The van der Waals surface area contributed by atoms with Crippen molar-refractivity contribution < 1.29 is 14.4 Å². The number of carbonyl (C=O) groups excluding carboxylic acids is 3. The van der Waals surface area contributed by atoms with Gasteiger partial charge in [-0.05, 0) is 49.3 Å². The Bertz CT molecular complexity index is 1070. The number of nitrogens with two attached hydrogens (primary N) is 1. The largest absolute Gasteiger partial charge is 0.383 e. The van der Waals surface area contributed by atoms with E-state index < -0.39 is 17.9 Å². The van der Waals surface area contributed by atoms with E-state index in [9.17, 15) is 14.4 Å². The summed E-state index contributed by atoms with van der Waals surface area (Å²) in [5, 5.41) is 2.64. The third kappa shape index (κ3) is 4.99. The lowest BCUT2D eigenvalue weighted by atomic mass is 9.97. The third-order valence-corrected chi connectivity index (χ3v) is 6.76. The van der Waals surface area contributed by atoms with Gasteiger partial charge in [0.2, 0.25) is 5.91 Å². The Morgan fingerprint density at radius 3 is 2.48 bits per heavy atom. The van der Waals surface area contributed by atoms with Gasteiger partial charge in [0.15, 0.2) is 0 Å². The van der Waals surface area contributed by atoms with Crippen LogP contribution in [-0.2, 0) is 14.4 Å². The van der Waals surface area contributed by atoms with Crippen LogP contribution in [0.25, 0.3) is 0 Å². The highest BCUT2D eigenvalue weighted by atomic mass is 16.2. The van der Waals surface area contributed by atoms with Crippen LogP contribution in [0.2, 0.25) is 0 Å². The Morgan fingerprint density at radius 2 is 1.85 bits per heavy atom. The third-order valence-electron chi connectivity index (χ3n) is 6.76. The van der Waals surface area contributed by atoms with E-state index in [1.807, 2.05) is 42.2 Å². The van der Waals surface area contributed by atoms with Gasteiger partial charge in [-0.3, -0.25) is 14.4 Å². The number of carbonyl (C=O) groups is 3. The molecule has 0 bridgehead atoms. The molecule has 33 heavy (non-hydrogen) atoms. The van der Waals surface area contributed by atoms with Crippen molar-refractivity contribution in [3.8, 4) is 0 Å². The van der Waals surface area contributed by atoms with Gasteiger partial charge in [-0.2, -0.15) is 0 Å². The van der Waals surface area contributed by atoms with Crippen LogP contribution < -0.4 is 11.1 Å². The predicted octanol–water partition coefficient (Wildman–Crippen LogP) is 2.90. The summed E-state index contributed by atoms with van der Waals surface area (Å²) in [6.45, 7) is 6.50. The van der Waals surface area contributed by atoms with Gasteiger partial charge < -0.3 is 20.9 Å². The molecule has 1 aromatic carbocycles. The van der Waals surface area contributed by atoms with Gasteiger partial charge in [-0.1, -0.05) is 37.3 Å². The average Bonchev–Trinajstić information content (AvgIpc) is 3.52. The molecular weight excluding hydrogens is 418 g/mol. The Labute approximate surface area is 194 Å². The van der Waals surface area contributed by atoms with Crippen molar-refractivity contribution in [1.82, 2.24) is 14.8 Å². The smallest absolute Gasteiger partial charge is 0.313 e. The van der Waals surface area contributed by atoms with Crippen LogP contribution in [0.5, 0.6) is 0 Å². The van der Waals surface area contributed by atoms with Crippen LogP contribution in [0.1, 0.15) is 50.3 Å². The second-order valence-corrected chi connectivity index (χ2v) is 9.65. The standard InChI is InChI=1S/C25H31N5O3/c1-16-11-19(13-27-22(16)26)28-23(32)24(33)30-14-17(2)29(21(31)12-25(3)9-10-25)15-20(30)18-7-5-4-6-8-18/h4-8,11,13,17,20H,9-10,12,14-15H2,1-3H3,(H2,26,27)(H,28,32)/t17-,20-/m1/s1. The van der Waals surface area contributed by atoms with Crippen molar-refractivity contribution >= 4 is 29.2 Å². The summed E-state index contributed by atoms with van der Waals surface area (Å²) in [4.78, 5) is 46.7. The van der Waals surface area contributed by atoms with Crippen molar-refractivity contribution in [2.45, 2.75) is 52.1 Å². The molecule has 174 valence electrons. The maximum absolute atomic E-state index is 13.3. The van der Waals surface area contributed by atoms with E-state index in [1.54, 1.807) is 17.9 Å². The lowest BCUT2D eigenvalue weighted by molar-refractivity contribution is -0.151. The van der Waals surface area contributed by atoms with Crippen molar-refractivity contribution in [2.24, 2.45) is 5.41 Å². The molecule has 2 aliphatic rings. The topological polar surface area (TPSA) is 109 Å². The van der Waals surface area contributed by atoms with E-state index in [1.165, 1.54) is 6.20 Å². The van der Waals surface area contributed by atoms with Crippen LogP contribution in [0, 0.1) is 12.3 Å². The molecule has 2 aromatic rings. The molecule has 0 radical (unpaired) electrons. The molecule has 3 amide bonds. The second kappa shape index (κ2) is 8.84. The first kappa shape index (κ1) is 22.8. The number of aryl methyl sites for hydroxylation is 1. The number of nitrogens with one attached hydrogen (secondary N) is 1. The molecule has 1 aromatic heterocycles. The van der Waals surface area contributed by atoms with Gasteiger partial charge in [0.05, 0.1) is 17.9 Å². The summed E-state index contributed by atoms with van der Waals surface area (Å²) in [6, 6.07) is 10.7. The summed E-state index contributed by atoms with van der Waals surface area (Å²) >= 11 is 0. The number of nitrogens with zero attached hydrogens (tertiary/aromatic N) is 3. The highest BCUT2D eigenvalue weighted by Gasteiger charge is 2.44. The first-order valence-corrected chi connectivity index (χ1v) is 11.4. The lowest BCUT2D eigenvalue weighted by Crippen LogP contribution is -2.58. The van der Waals surface area contributed by atoms with E-state index in [-0.39, 0.29) is 23.9 Å². The number of hydrogen-bond acceptors (Lipinski definition) is 5. The van der Waals surface area contributed by atoms with Crippen molar-refractivity contribution in [3.05, 3.63) is 53.7 Å². The Kier molecular flexibility index (Phi) is 6.10. The number of nitrogen functional groups attached to an aromatic ring is 1. The summed E-state index contributed by atoms with van der Waals surface area (Å²) < 4.78 is 0. The van der Waals surface area contributed by atoms with Crippen molar-refractivity contribution in [3.63, 3.8) is 0 Å². The first-order valence-electron chi connectivity index (χ1n) is 11.4. The Balaban J connectivity index is 1.54. The van der Waals surface area contributed by atoms with Gasteiger partial charge in [-0.15, -0.1) is 0 Å². The van der Waals surface area contributed by atoms with Crippen molar-refractivity contribution in [1.29, 1.82) is 0 Å². The van der Waals surface area contributed by atoms with Gasteiger partial charge in [0, 0.05) is 25.6 Å². The minimum atomic E-state index is -0.737. The fourth-order valence-corrected chi connectivity index (χ4v) is 4.33. The number of amides is 3. The maximum Gasteiger partial charge on any atom is 0.313 e. The maximum atomic E-state index is 13.3. The van der Waals surface area contributed by atoms with E-state index in [4.69, 9.17) is 5.73 Å². The van der Waals surface area contributed by atoms with Crippen LogP contribution >= 0.6 is 0 Å². The molecule has 2 fully saturated rings. The predicted molar refractivity (Wildman–Crippen MR) is 126 cm³/mol. The molecular formula is C25H31N5O3. The van der Waals surface area contributed by atoms with Gasteiger partial charge in [0.1, 0.15) is 5.82 Å². The number of pyridine rings is 1. The number of benzene rings is 1. The first-order chi connectivity index (χ1) is 15.7.